The second kappa shape index (κ2) is 4.32. The first-order valence-electron chi connectivity index (χ1n) is 2.38. The molecular formula is C4H5ClO5S. The zero-order chi connectivity index (χ0) is 8.91. The first-order chi connectivity index (χ1) is 4.92. The summed E-state index contributed by atoms with van der Waals surface area (Å²) in [7, 11) is -4.14. The van der Waals surface area contributed by atoms with E-state index >= 15 is 0 Å². The predicted molar refractivity (Wildman–Crippen MR) is 37.9 cm³/mol. The average Bonchev–Trinajstić information content (AvgIpc) is 1.78. The van der Waals surface area contributed by atoms with Crippen molar-refractivity contribution in [3.63, 3.8) is 0 Å². The van der Waals surface area contributed by atoms with Gasteiger partial charge in [-0.3, -0.25) is 4.55 Å². The fourth-order valence-corrected chi connectivity index (χ4v) is 0.659. The molecule has 0 aliphatic rings. The molecule has 0 saturated carbocycles. The van der Waals surface area contributed by atoms with Gasteiger partial charge in [0.05, 0.1) is 5.41 Å². The highest BCUT2D eigenvalue weighted by molar-refractivity contribution is 7.88. The van der Waals surface area contributed by atoms with Crippen LogP contribution in [-0.2, 0) is 14.9 Å². The van der Waals surface area contributed by atoms with E-state index in [9.17, 15) is 13.2 Å². The summed E-state index contributed by atoms with van der Waals surface area (Å²) in [5.41, 5.74) is -1.04. The molecule has 0 heterocycles. The van der Waals surface area contributed by atoms with E-state index in [1.54, 1.807) is 0 Å². The van der Waals surface area contributed by atoms with Crippen LogP contribution in [0.1, 0.15) is 0 Å². The second-order valence-corrected chi connectivity index (χ2v) is 3.05. The lowest BCUT2D eigenvalue weighted by Gasteiger charge is -1.90. The predicted octanol–water partition coefficient (Wildman–Crippen LogP) is 0.763. The quantitative estimate of drug-likeness (QED) is 0.538. The molecule has 0 bridgehead atoms. The summed E-state index contributed by atoms with van der Waals surface area (Å²) in [5, 5.41) is 0.493. The van der Waals surface area contributed by atoms with Crippen molar-refractivity contribution in [3.05, 3.63) is 11.5 Å². The molecule has 0 aliphatic carbocycles. The van der Waals surface area contributed by atoms with Crippen LogP contribution in [0.25, 0.3) is 0 Å². The van der Waals surface area contributed by atoms with E-state index in [2.05, 4.69) is 4.74 Å². The molecule has 1 N–H and O–H groups in total. The second-order valence-electron chi connectivity index (χ2n) is 1.44. The van der Waals surface area contributed by atoms with Gasteiger partial charge in [0, 0.05) is 11.6 Å². The van der Waals surface area contributed by atoms with Crippen LogP contribution in [0.5, 0.6) is 0 Å². The Hall–Kier alpha value is -0.590. The third kappa shape index (κ3) is 9.41. The van der Waals surface area contributed by atoms with E-state index in [1.165, 1.54) is 0 Å². The van der Waals surface area contributed by atoms with Crippen LogP contribution >= 0.6 is 11.6 Å². The molecule has 0 saturated heterocycles. The van der Waals surface area contributed by atoms with Crippen LogP contribution in [-0.4, -0.2) is 25.0 Å². The standard InChI is InChI=1S/C4H5ClO5S/c5-4(6)10-2-1-3-11(7,8)9/h1,3H,2H2,(H,7,8,9). The van der Waals surface area contributed by atoms with Gasteiger partial charge in [0.25, 0.3) is 10.1 Å². The first kappa shape index (κ1) is 10.4. The maximum absolute atomic E-state index is 9.97. The molecule has 0 unspecified atom stereocenters. The summed E-state index contributed by atoms with van der Waals surface area (Å²) in [5.74, 6) is 0. The van der Waals surface area contributed by atoms with E-state index in [1.807, 2.05) is 0 Å². The van der Waals surface area contributed by atoms with Crippen LogP contribution in [0.3, 0.4) is 0 Å². The van der Waals surface area contributed by atoms with Gasteiger partial charge in [-0.05, 0) is 6.08 Å². The topological polar surface area (TPSA) is 80.7 Å². The molecule has 0 aromatic rings. The summed E-state index contributed by atoms with van der Waals surface area (Å²) in [4.78, 5) is 9.87. The smallest absolute Gasteiger partial charge is 0.404 e. The molecule has 0 atom stereocenters. The molecular weight excluding hydrogens is 196 g/mol. The van der Waals surface area contributed by atoms with Gasteiger partial charge in [-0.2, -0.15) is 8.42 Å². The lowest BCUT2D eigenvalue weighted by Crippen LogP contribution is -1.95. The van der Waals surface area contributed by atoms with Crippen LogP contribution < -0.4 is 0 Å². The summed E-state index contributed by atoms with van der Waals surface area (Å²) >= 11 is 4.72. The van der Waals surface area contributed by atoms with E-state index in [0.29, 0.717) is 5.41 Å². The Bertz CT molecular complexity index is 254. The van der Waals surface area contributed by atoms with E-state index in [4.69, 9.17) is 16.2 Å². The van der Waals surface area contributed by atoms with E-state index in [-0.39, 0.29) is 6.61 Å². The van der Waals surface area contributed by atoms with Gasteiger partial charge in [-0.25, -0.2) is 4.79 Å². The number of rotatable bonds is 3. The SMILES string of the molecule is O=C(Cl)OCC=CS(=O)(=O)O. The minimum atomic E-state index is -4.14. The fourth-order valence-electron chi connectivity index (χ4n) is 0.275. The van der Waals surface area contributed by atoms with Gasteiger partial charge >= 0.3 is 5.43 Å². The van der Waals surface area contributed by atoms with Crippen molar-refractivity contribution in [2.24, 2.45) is 0 Å². The number of hydrogen-bond donors (Lipinski definition) is 1. The highest BCUT2D eigenvalue weighted by atomic mass is 35.5. The van der Waals surface area contributed by atoms with E-state index in [0.717, 1.165) is 6.08 Å². The number of carbonyl (C=O) groups is 1. The lowest BCUT2D eigenvalue weighted by atomic mass is 10.7. The number of carbonyl (C=O) groups excluding carboxylic acids is 1. The van der Waals surface area contributed by atoms with Gasteiger partial charge in [-0.15, -0.1) is 0 Å². The van der Waals surface area contributed by atoms with Crippen LogP contribution in [0.2, 0.25) is 0 Å². The van der Waals surface area contributed by atoms with Gasteiger partial charge in [-0.1, -0.05) is 0 Å². The summed E-state index contributed by atoms with van der Waals surface area (Å²) < 4.78 is 32.1. The molecule has 0 aromatic carbocycles. The van der Waals surface area contributed by atoms with Gasteiger partial charge in [0.15, 0.2) is 0 Å². The van der Waals surface area contributed by atoms with E-state index < -0.39 is 15.5 Å². The Morgan fingerprint density at radius 3 is 2.55 bits per heavy atom. The molecule has 11 heavy (non-hydrogen) atoms. The highest BCUT2D eigenvalue weighted by Crippen LogP contribution is 1.89. The third-order valence-corrected chi connectivity index (χ3v) is 1.21. The Morgan fingerprint density at radius 1 is 1.64 bits per heavy atom. The molecule has 5 nitrogen and oxygen atoms in total. The summed E-state index contributed by atoms with van der Waals surface area (Å²) in [6, 6.07) is 0. The molecule has 0 spiro atoms. The van der Waals surface area contributed by atoms with Crippen molar-refractivity contribution in [2.45, 2.75) is 0 Å². The Balaban J connectivity index is 3.72. The Labute approximate surface area is 68.4 Å². The zero-order valence-corrected chi connectivity index (χ0v) is 6.80. The molecule has 0 aromatic heterocycles. The Kier molecular flexibility index (Phi) is 4.09. The number of ether oxygens (including phenoxy) is 1. The highest BCUT2D eigenvalue weighted by Gasteiger charge is 1.95. The summed E-state index contributed by atoms with van der Waals surface area (Å²) in [6.07, 6.45) is 0.940. The van der Waals surface area contributed by atoms with Gasteiger partial charge in [0.2, 0.25) is 0 Å². The normalized spacial score (nSPS) is 11.8. The monoisotopic (exact) mass is 200 g/mol. The third-order valence-electron chi connectivity index (χ3n) is 0.561. The average molecular weight is 201 g/mol. The maximum Gasteiger partial charge on any atom is 0.404 e. The zero-order valence-electron chi connectivity index (χ0n) is 5.23. The van der Waals surface area contributed by atoms with Crippen molar-refractivity contribution < 1.29 is 22.5 Å². The van der Waals surface area contributed by atoms with Gasteiger partial charge in [0.1, 0.15) is 6.61 Å². The van der Waals surface area contributed by atoms with Crippen LogP contribution in [0, 0.1) is 0 Å². The molecule has 0 aliphatic heterocycles. The van der Waals surface area contributed by atoms with Crippen LogP contribution in [0.15, 0.2) is 11.5 Å². The molecule has 64 valence electrons. The van der Waals surface area contributed by atoms with Crippen molar-refractivity contribution in [1.29, 1.82) is 0 Å². The largest absolute Gasteiger partial charge is 0.449 e. The number of hydrogen-bond acceptors (Lipinski definition) is 4. The maximum atomic E-state index is 9.97. The fraction of sp³-hybridized carbons (Fsp3) is 0.250. The first-order valence-corrected chi connectivity index (χ1v) is 4.26. The molecule has 7 heteroatoms. The van der Waals surface area contributed by atoms with Crippen molar-refractivity contribution in [3.8, 4) is 0 Å². The minimum Gasteiger partial charge on any atom is -0.449 e. The molecule has 0 fully saturated rings. The van der Waals surface area contributed by atoms with Crippen molar-refractivity contribution in [1.82, 2.24) is 0 Å². The molecule has 0 rings (SSSR count). The van der Waals surface area contributed by atoms with Crippen molar-refractivity contribution in [2.75, 3.05) is 6.61 Å². The Morgan fingerprint density at radius 2 is 2.18 bits per heavy atom. The summed E-state index contributed by atoms with van der Waals surface area (Å²) in [6.45, 7) is -0.290. The lowest BCUT2D eigenvalue weighted by molar-refractivity contribution is 0.186. The molecule has 0 radical (unpaired) electrons. The number of halogens is 1. The van der Waals surface area contributed by atoms with Gasteiger partial charge < -0.3 is 4.74 Å². The minimum absolute atomic E-state index is 0.290. The molecule has 0 amide bonds. The van der Waals surface area contributed by atoms with Crippen molar-refractivity contribution >= 4 is 27.1 Å². The van der Waals surface area contributed by atoms with Crippen LogP contribution in [0.4, 0.5) is 4.79 Å².